The van der Waals surface area contributed by atoms with Crippen LogP contribution in [0.2, 0.25) is 0 Å². The molecule has 0 fully saturated rings. The van der Waals surface area contributed by atoms with Gasteiger partial charge in [-0.15, -0.1) is 0 Å². The maximum Gasteiger partial charge on any atom is 0.137 e. The molecule has 2 N–H and O–H groups in total. The second-order valence-electron chi connectivity index (χ2n) is 4.61. The molecule has 1 atom stereocenters. The van der Waals surface area contributed by atoms with Crippen molar-refractivity contribution in [2.24, 2.45) is 5.73 Å². The van der Waals surface area contributed by atoms with Gasteiger partial charge in [-0.3, -0.25) is 0 Å². The third-order valence-electron chi connectivity index (χ3n) is 3.28. The van der Waals surface area contributed by atoms with E-state index in [1.165, 1.54) is 17.2 Å². The first kappa shape index (κ1) is 14.2. The van der Waals surface area contributed by atoms with Gasteiger partial charge in [0, 0.05) is 6.04 Å². The summed E-state index contributed by atoms with van der Waals surface area (Å²) in [6, 6.07) is 13.2. The molecule has 2 aromatic carbocycles. The van der Waals surface area contributed by atoms with Gasteiger partial charge < -0.3 is 5.73 Å². The molecular weight excluding hydrogens is 305 g/mol. The second kappa shape index (κ2) is 6.31. The predicted octanol–water partition coefficient (Wildman–Crippen LogP) is 4.39. The molecule has 2 aromatic rings. The van der Waals surface area contributed by atoms with Crippen LogP contribution in [0.4, 0.5) is 4.39 Å². The van der Waals surface area contributed by atoms with Crippen LogP contribution in [-0.2, 0) is 12.8 Å². The van der Waals surface area contributed by atoms with Gasteiger partial charge >= 0.3 is 0 Å². The number of rotatable bonds is 4. The summed E-state index contributed by atoms with van der Waals surface area (Å²) < 4.78 is 13.7. The van der Waals surface area contributed by atoms with Crippen molar-refractivity contribution in [1.29, 1.82) is 0 Å². The lowest BCUT2D eigenvalue weighted by atomic mass is 9.94. The van der Waals surface area contributed by atoms with Crippen LogP contribution in [0.5, 0.6) is 0 Å². The fourth-order valence-electron chi connectivity index (χ4n) is 2.25. The molecule has 1 nitrogen and oxygen atoms in total. The largest absolute Gasteiger partial charge is 0.324 e. The number of hydrogen-bond donors (Lipinski definition) is 1. The second-order valence-corrected chi connectivity index (χ2v) is 5.47. The summed E-state index contributed by atoms with van der Waals surface area (Å²) in [4.78, 5) is 0. The Morgan fingerprint density at radius 1 is 1.21 bits per heavy atom. The average Bonchev–Trinajstić information content (AvgIpc) is 2.43. The third-order valence-corrected chi connectivity index (χ3v) is 3.88. The number of aryl methyl sites for hydroxylation is 1. The lowest BCUT2D eigenvalue weighted by Crippen LogP contribution is -2.15. The van der Waals surface area contributed by atoms with Gasteiger partial charge in [-0.25, -0.2) is 4.39 Å². The minimum absolute atomic E-state index is 0.0616. The minimum atomic E-state index is -0.244. The topological polar surface area (TPSA) is 26.0 Å². The number of halogens is 2. The summed E-state index contributed by atoms with van der Waals surface area (Å²) in [7, 11) is 0. The monoisotopic (exact) mass is 321 g/mol. The van der Waals surface area contributed by atoms with Crippen LogP contribution in [-0.4, -0.2) is 0 Å². The quantitative estimate of drug-likeness (QED) is 0.887. The molecule has 1 unspecified atom stereocenters. The Bertz CT molecular complexity index is 568. The van der Waals surface area contributed by atoms with Crippen LogP contribution in [0.25, 0.3) is 0 Å². The van der Waals surface area contributed by atoms with Crippen molar-refractivity contribution in [2.45, 2.75) is 25.8 Å². The zero-order valence-electron chi connectivity index (χ0n) is 10.9. The molecule has 0 amide bonds. The van der Waals surface area contributed by atoms with Gasteiger partial charge in [0.1, 0.15) is 5.82 Å². The highest BCUT2D eigenvalue weighted by molar-refractivity contribution is 9.10. The molecule has 0 saturated carbocycles. The van der Waals surface area contributed by atoms with Crippen LogP contribution in [0.15, 0.2) is 46.9 Å². The van der Waals surface area contributed by atoms with Crippen molar-refractivity contribution in [3.63, 3.8) is 0 Å². The van der Waals surface area contributed by atoms with Gasteiger partial charge in [0.2, 0.25) is 0 Å². The average molecular weight is 322 g/mol. The van der Waals surface area contributed by atoms with Crippen molar-refractivity contribution in [3.8, 4) is 0 Å². The summed E-state index contributed by atoms with van der Waals surface area (Å²) in [5, 5.41) is 0. The van der Waals surface area contributed by atoms with Crippen LogP contribution < -0.4 is 5.73 Å². The van der Waals surface area contributed by atoms with Crippen molar-refractivity contribution in [1.82, 2.24) is 0 Å². The van der Waals surface area contributed by atoms with Gasteiger partial charge in [0.15, 0.2) is 0 Å². The van der Waals surface area contributed by atoms with E-state index < -0.39 is 0 Å². The number of nitrogens with two attached hydrogens (primary N) is 1. The molecule has 3 heteroatoms. The molecule has 0 saturated heterocycles. The molecule has 2 rings (SSSR count). The van der Waals surface area contributed by atoms with E-state index in [2.05, 4.69) is 35.0 Å². The first-order valence-corrected chi connectivity index (χ1v) is 7.18. The normalized spacial score (nSPS) is 12.4. The van der Waals surface area contributed by atoms with Gasteiger partial charge in [-0.05, 0) is 57.6 Å². The zero-order chi connectivity index (χ0) is 13.8. The SMILES string of the molecule is CCc1ccccc1C(N)Cc1ccc(F)c(Br)c1. The lowest BCUT2D eigenvalue weighted by molar-refractivity contribution is 0.618. The highest BCUT2D eigenvalue weighted by Crippen LogP contribution is 2.23. The van der Waals surface area contributed by atoms with Crippen LogP contribution in [0.3, 0.4) is 0 Å². The molecule has 0 radical (unpaired) electrons. The van der Waals surface area contributed by atoms with Gasteiger partial charge in [-0.2, -0.15) is 0 Å². The summed E-state index contributed by atoms with van der Waals surface area (Å²) in [6.45, 7) is 2.13. The molecule has 0 aliphatic rings. The Labute approximate surface area is 121 Å². The zero-order valence-corrected chi connectivity index (χ0v) is 12.5. The first-order chi connectivity index (χ1) is 9.11. The van der Waals surface area contributed by atoms with Crippen LogP contribution >= 0.6 is 15.9 Å². The molecular formula is C16H17BrFN. The molecule has 0 bridgehead atoms. The van der Waals surface area contributed by atoms with E-state index in [-0.39, 0.29) is 11.9 Å². The fourth-order valence-corrected chi connectivity index (χ4v) is 2.67. The van der Waals surface area contributed by atoms with E-state index in [4.69, 9.17) is 5.73 Å². The maximum absolute atomic E-state index is 13.2. The van der Waals surface area contributed by atoms with Crippen molar-refractivity contribution in [2.75, 3.05) is 0 Å². The van der Waals surface area contributed by atoms with Crippen LogP contribution in [0, 0.1) is 5.82 Å². The fraction of sp³-hybridized carbons (Fsp3) is 0.250. The highest BCUT2D eigenvalue weighted by atomic mass is 79.9. The van der Waals surface area contributed by atoms with E-state index in [0.717, 1.165) is 12.0 Å². The molecule has 0 aliphatic heterocycles. The molecule has 0 spiro atoms. The smallest absolute Gasteiger partial charge is 0.137 e. The Hall–Kier alpha value is -1.19. The van der Waals surface area contributed by atoms with E-state index in [9.17, 15) is 4.39 Å². The summed E-state index contributed by atoms with van der Waals surface area (Å²) in [5.74, 6) is -0.244. The summed E-state index contributed by atoms with van der Waals surface area (Å²) in [6.07, 6.45) is 1.67. The molecule has 0 aliphatic carbocycles. The Balaban J connectivity index is 2.20. The third kappa shape index (κ3) is 3.43. The number of hydrogen-bond acceptors (Lipinski definition) is 1. The van der Waals surface area contributed by atoms with Crippen molar-refractivity contribution >= 4 is 15.9 Å². The maximum atomic E-state index is 13.2. The van der Waals surface area contributed by atoms with E-state index in [1.807, 2.05) is 12.1 Å². The Kier molecular flexibility index (Phi) is 4.72. The molecule has 100 valence electrons. The predicted molar refractivity (Wildman–Crippen MR) is 80.6 cm³/mol. The summed E-state index contributed by atoms with van der Waals surface area (Å²) in [5.41, 5.74) is 9.76. The lowest BCUT2D eigenvalue weighted by Gasteiger charge is -2.16. The van der Waals surface area contributed by atoms with Gasteiger partial charge in [0.05, 0.1) is 4.47 Å². The highest BCUT2D eigenvalue weighted by Gasteiger charge is 2.11. The van der Waals surface area contributed by atoms with E-state index in [0.29, 0.717) is 10.9 Å². The van der Waals surface area contributed by atoms with E-state index in [1.54, 1.807) is 12.1 Å². The van der Waals surface area contributed by atoms with E-state index >= 15 is 0 Å². The number of benzene rings is 2. The first-order valence-electron chi connectivity index (χ1n) is 6.39. The van der Waals surface area contributed by atoms with Crippen LogP contribution in [0.1, 0.15) is 29.7 Å². The van der Waals surface area contributed by atoms with Gasteiger partial charge in [0.25, 0.3) is 0 Å². The minimum Gasteiger partial charge on any atom is -0.324 e. The standard InChI is InChI=1S/C16H17BrFN/c1-2-12-5-3-4-6-13(12)16(19)10-11-7-8-15(18)14(17)9-11/h3-9,16H,2,10,19H2,1H3. The Morgan fingerprint density at radius 2 is 1.95 bits per heavy atom. The molecule has 0 heterocycles. The summed E-state index contributed by atoms with van der Waals surface area (Å²) >= 11 is 3.20. The molecule has 19 heavy (non-hydrogen) atoms. The van der Waals surface area contributed by atoms with Crippen molar-refractivity contribution in [3.05, 3.63) is 69.4 Å². The van der Waals surface area contributed by atoms with Gasteiger partial charge in [-0.1, -0.05) is 37.3 Å². The van der Waals surface area contributed by atoms with Crippen molar-refractivity contribution < 1.29 is 4.39 Å². The Morgan fingerprint density at radius 3 is 2.63 bits per heavy atom. The molecule has 0 aromatic heterocycles.